The number of carbonyl (C=O) groups excluding carboxylic acids is 1. The highest BCUT2D eigenvalue weighted by Crippen LogP contribution is 2.28. The highest BCUT2D eigenvalue weighted by molar-refractivity contribution is 7.89. The molecule has 0 bridgehead atoms. The van der Waals surface area contributed by atoms with Gasteiger partial charge in [0.1, 0.15) is 16.3 Å². The second-order valence-corrected chi connectivity index (χ2v) is 8.83. The van der Waals surface area contributed by atoms with Crippen molar-refractivity contribution in [3.63, 3.8) is 0 Å². The molecule has 3 N–H and O–H groups in total. The molecule has 28 heavy (non-hydrogen) atoms. The van der Waals surface area contributed by atoms with Crippen molar-refractivity contribution in [2.75, 3.05) is 18.8 Å². The Labute approximate surface area is 165 Å². The minimum absolute atomic E-state index is 0.0236. The zero-order valence-corrected chi connectivity index (χ0v) is 16.6. The second kappa shape index (κ2) is 7.53. The molecule has 1 aliphatic rings. The highest BCUT2D eigenvalue weighted by atomic mass is 35.5. The molecule has 9 nitrogen and oxygen atoms in total. The van der Waals surface area contributed by atoms with Crippen LogP contribution in [0.3, 0.4) is 0 Å². The second-order valence-electron chi connectivity index (χ2n) is 6.52. The van der Waals surface area contributed by atoms with Gasteiger partial charge in [-0.05, 0) is 31.0 Å². The molecule has 0 saturated carbocycles. The lowest BCUT2D eigenvalue weighted by atomic mass is 10.1. The number of sulfonamides is 1. The number of ketones is 1. The Morgan fingerprint density at radius 1 is 1.18 bits per heavy atom. The lowest BCUT2D eigenvalue weighted by molar-refractivity contribution is 0.103. The number of nitrogen functional groups attached to an aromatic ring is 1. The number of hydrogen-bond donors (Lipinski definition) is 2. The van der Waals surface area contributed by atoms with Gasteiger partial charge in [0, 0.05) is 25.7 Å². The maximum Gasteiger partial charge on any atom is 0.329 e. The molecule has 2 aromatic rings. The molecule has 1 aromatic carbocycles. The van der Waals surface area contributed by atoms with Crippen molar-refractivity contribution >= 4 is 33.2 Å². The number of nitrogens with zero attached hydrogens (tertiary/aromatic N) is 2. The number of H-pyrrole nitrogens is 1. The van der Waals surface area contributed by atoms with Crippen LogP contribution in [-0.2, 0) is 17.1 Å². The third kappa shape index (κ3) is 3.50. The summed E-state index contributed by atoms with van der Waals surface area (Å²) in [6.45, 7) is 0.758. The fraction of sp³-hybridized carbons (Fsp3) is 0.353. The van der Waals surface area contributed by atoms with Gasteiger partial charge < -0.3 is 5.73 Å². The number of aromatic nitrogens is 2. The van der Waals surface area contributed by atoms with Crippen LogP contribution in [0.4, 0.5) is 5.82 Å². The first-order chi connectivity index (χ1) is 13.1. The Morgan fingerprint density at radius 3 is 2.46 bits per heavy atom. The summed E-state index contributed by atoms with van der Waals surface area (Å²) in [6.07, 6.45) is 2.45. The molecule has 1 aromatic heterocycles. The summed E-state index contributed by atoms with van der Waals surface area (Å²) >= 11 is 6.10. The molecule has 0 aliphatic carbocycles. The molecule has 1 saturated heterocycles. The van der Waals surface area contributed by atoms with E-state index >= 15 is 0 Å². The summed E-state index contributed by atoms with van der Waals surface area (Å²) in [5, 5.41) is -0.0236. The number of anilines is 1. The SMILES string of the molecule is Cn1c(N)c(C(=O)c2ccc(Cl)c(S(=O)(=O)N3CCCCC3)c2)c(=O)[nH]c1=O. The molecule has 0 amide bonds. The van der Waals surface area contributed by atoms with E-state index in [1.807, 2.05) is 4.98 Å². The number of halogens is 1. The van der Waals surface area contributed by atoms with Gasteiger partial charge in [-0.25, -0.2) is 13.2 Å². The monoisotopic (exact) mass is 426 g/mol. The van der Waals surface area contributed by atoms with Gasteiger partial charge in [-0.3, -0.25) is 19.1 Å². The van der Waals surface area contributed by atoms with Crippen LogP contribution in [-0.4, -0.2) is 41.1 Å². The van der Waals surface area contributed by atoms with Gasteiger partial charge >= 0.3 is 5.69 Å². The zero-order valence-electron chi connectivity index (χ0n) is 15.1. The Balaban J connectivity index is 2.10. The van der Waals surface area contributed by atoms with Crippen LogP contribution in [0.2, 0.25) is 5.02 Å². The van der Waals surface area contributed by atoms with E-state index in [4.69, 9.17) is 17.3 Å². The van der Waals surface area contributed by atoms with Crippen molar-refractivity contribution in [3.8, 4) is 0 Å². The van der Waals surface area contributed by atoms with Crippen LogP contribution >= 0.6 is 11.6 Å². The van der Waals surface area contributed by atoms with Crippen molar-refractivity contribution < 1.29 is 13.2 Å². The van der Waals surface area contributed by atoms with Crippen molar-refractivity contribution in [3.05, 3.63) is 55.2 Å². The van der Waals surface area contributed by atoms with E-state index in [0.717, 1.165) is 29.9 Å². The van der Waals surface area contributed by atoms with Gasteiger partial charge in [0.15, 0.2) is 0 Å². The summed E-state index contributed by atoms with van der Waals surface area (Å²) in [4.78, 5) is 38.3. The predicted octanol–water partition coefficient (Wildman–Crippen LogP) is 0.715. The summed E-state index contributed by atoms with van der Waals surface area (Å²) in [5.74, 6) is -1.12. The van der Waals surface area contributed by atoms with E-state index in [9.17, 15) is 22.8 Å². The number of hydrogen-bond acceptors (Lipinski definition) is 6. The lowest BCUT2D eigenvalue weighted by Gasteiger charge is -2.26. The maximum atomic E-state index is 12.9. The standard InChI is InChI=1S/C17H19ClN4O5S/c1-21-15(19)13(16(24)20-17(21)25)14(23)10-5-6-11(18)12(9-10)28(26,27)22-7-3-2-4-8-22/h5-6,9H,2-4,7-8,19H2,1H3,(H,20,24,25). The van der Waals surface area contributed by atoms with Crippen LogP contribution in [0, 0.1) is 0 Å². The molecular weight excluding hydrogens is 408 g/mol. The summed E-state index contributed by atoms with van der Waals surface area (Å²) < 4.78 is 28.1. The average Bonchev–Trinajstić information content (AvgIpc) is 2.67. The summed E-state index contributed by atoms with van der Waals surface area (Å²) in [5.41, 5.74) is 3.55. The van der Waals surface area contributed by atoms with Crippen LogP contribution in [0.25, 0.3) is 0 Å². The van der Waals surface area contributed by atoms with Crippen molar-refractivity contribution in [2.45, 2.75) is 24.2 Å². The molecule has 0 unspecified atom stereocenters. The first kappa shape index (κ1) is 20.3. The number of rotatable bonds is 4. The van der Waals surface area contributed by atoms with E-state index < -0.39 is 32.6 Å². The number of benzene rings is 1. The Kier molecular flexibility index (Phi) is 5.46. The Hall–Kier alpha value is -2.43. The van der Waals surface area contributed by atoms with E-state index in [2.05, 4.69) is 0 Å². The number of nitrogens with two attached hydrogens (primary N) is 1. The molecule has 3 rings (SSSR count). The number of nitrogens with one attached hydrogen (secondary N) is 1. The number of aromatic amines is 1. The topological polar surface area (TPSA) is 135 Å². The van der Waals surface area contributed by atoms with Gasteiger partial charge in [0.25, 0.3) is 5.56 Å². The zero-order chi connectivity index (χ0) is 20.6. The molecule has 0 spiro atoms. The van der Waals surface area contributed by atoms with Gasteiger partial charge in [-0.15, -0.1) is 0 Å². The fourth-order valence-corrected chi connectivity index (χ4v) is 5.10. The normalized spacial score (nSPS) is 15.5. The molecule has 0 atom stereocenters. The molecular formula is C17H19ClN4O5S. The van der Waals surface area contributed by atoms with Gasteiger partial charge in [-0.1, -0.05) is 18.0 Å². The third-order valence-electron chi connectivity index (χ3n) is 4.72. The van der Waals surface area contributed by atoms with Gasteiger partial charge in [-0.2, -0.15) is 4.31 Å². The van der Waals surface area contributed by atoms with E-state index in [1.165, 1.54) is 23.5 Å². The number of piperidine rings is 1. The molecule has 2 heterocycles. The highest BCUT2D eigenvalue weighted by Gasteiger charge is 2.29. The van der Waals surface area contributed by atoms with Crippen LogP contribution < -0.4 is 17.0 Å². The number of carbonyl (C=O) groups is 1. The van der Waals surface area contributed by atoms with Crippen LogP contribution in [0.1, 0.15) is 35.2 Å². The summed E-state index contributed by atoms with van der Waals surface area (Å²) in [7, 11) is -2.59. The van der Waals surface area contributed by atoms with E-state index in [0.29, 0.717) is 13.1 Å². The quantitative estimate of drug-likeness (QED) is 0.691. The predicted molar refractivity (Wildman–Crippen MR) is 104 cm³/mol. The Morgan fingerprint density at radius 2 is 1.82 bits per heavy atom. The first-order valence-electron chi connectivity index (χ1n) is 8.57. The third-order valence-corrected chi connectivity index (χ3v) is 7.10. The van der Waals surface area contributed by atoms with E-state index in [-0.39, 0.29) is 21.3 Å². The molecule has 150 valence electrons. The lowest BCUT2D eigenvalue weighted by Crippen LogP contribution is -2.36. The Bertz CT molecular complexity index is 1160. The molecule has 0 radical (unpaired) electrons. The molecule has 11 heteroatoms. The largest absolute Gasteiger partial charge is 0.384 e. The van der Waals surface area contributed by atoms with E-state index in [1.54, 1.807) is 0 Å². The van der Waals surface area contributed by atoms with Crippen LogP contribution in [0.15, 0.2) is 32.7 Å². The minimum Gasteiger partial charge on any atom is -0.384 e. The van der Waals surface area contributed by atoms with Crippen LogP contribution in [0.5, 0.6) is 0 Å². The molecule has 1 aliphatic heterocycles. The molecule has 1 fully saturated rings. The average molecular weight is 427 g/mol. The fourth-order valence-electron chi connectivity index (χ4n) is 3.09. The minimum atomic E-state index is -3.89. The smallest absolute Gasteiger partial charge is 0.329 e. The van der Waals surface area contributed by atoms with Gasteiger partial charge in [0.05, 0.1) is 5.02 Å². The summed E-state index contributed by atoms with van der Waals surface area (Å²) in [6, 6.07) is 3.74. The first-order valence-corrected chi connectivity index (χ1v) is 10.4. The van der Waals surface area contributed by atoms with Crippen molar-refractivity contribution in [2.24, 2.45) is 7.05 Å². The van der Waals surface area contributed by atoms with Crippen molar-refractivity contribution in [1.29, 1.82) is 0 Å². The van der Waals surface area contributed by atoms with Crippen molar-refractivity contribution in [1.82, 2.24) is 13.9 Å². The maximum absolute atomic E-state index is 12.9. The van der Waals surface area contributed by atoms with Gasteiger partial charge in [0.2, 0.25) is 15.8 Å².